The fraction of sp³-hybridized carbons (Fsp3) is 0.750. The molecule has 1 aromatic heterocycles. The van der Waals surface area contributed by atoms with Crippen LogP contribution in [0.25, 0.3) is 0 Å². The number of nitrogens with one attached hydrogen (secondary N) is 1. The molecular formula is C16H28N4O3. The molecule has 2 rings (SSSR count). The zero-order chi connectivity index (χ0) is 16.8. The number of β-amino-alcohol motifs (C(OH)–C–C–N with tert-alkyl or cyclic N) is 1. The minimum Gasteiger partial charge on any atom is -0.389 e. The van der Waals surface area contributed by atoms with E-state index in [1.807, 2.05) is 13.8 Å². The van der Waals surface area contributed by atoms with Crippen molar-refractivity contribution in [1.29, 1.82) is 0 Å². The normalized spacial score (nSPS) is 20.1. The highest BCUT2D eigenvalue weighted by atomic mass is 16.5. The van der Waals surface area contributed by atoms with Crippen LogP contribution in [0.1, 0.15) is 37.0 Å². The molecule has 0 radical (unpaired) electrons. The van der Waals surface area contributed by atoms with Crippen molar-refractivity contribution in [3.8, 4) is 0 Å². The molecule has 1 aromatic rings. The summed E-state index contributed by atoms with van der Waals surface area (Å²) in [7, 11) is 1.79. The summed E-state index contributed by atoms with van der Waals surface area (Å²) in [6, 6.07) is 0.268. The number of rotatable bonds is 8. The largest absolute Gasteiger partial charge is 0.389 e. The van der Waals surface area contributed by atoms with Gasteiger partial charge in [-0.15, -0.1) is 0 Å². The second kappa shape index (κ2) is 8.42. The Hall–Kier alpha value is -1.44. The van der Waals surface area contributed by atoms with Crippen LogP contribution in [0.15, 0.2) is 12.4 Å². The Morgan fingerprint density at radius 1 is 1.57 bits per heavy atom. The number of carbonyl (C=O) groups excluding carboxylic acids is 1. The van der Waals surface area contributed by atoms with Crippen molar-refractivity contribution in [1.82, 2.24) is 20.0 Å². The van der Waals surface area contributed by atoms with Crippen molar-refractivity contribution in [2.45, 2.75) is 44.9 Å². The molecule has 130 valence electrons. The van der Waals surface area contributed by atoms with Crippen LogP contribution in [0.3, 0.4) is 0 Å². The highest BCUT2D eigenvalue weighted by Gasteiger charge is 2.26. The molecule has 1 aliphatic heterocycles. The van der Waals surface area contributed by atoms with E-state index < -0.39 is 6.10 Å². The number of hydrogen-bond acceptors (Lipinski definition) is 5. The van der Waals surface area contributed by atoms with Crippen LogP contribution in [0, 0.1) is 0 Å². The van der Waals surface area contributed by atoms with Crippen LogP contribution in [-0.4, -0.2) is 70.2 Å². The number of aromatic nitrogens is 2. The molecule has 0 unspecified atom stereocenters. The molecule has 7 heteroatoms. The zero-order valence-corrected chi connectivity index (χ0v) is 14.2. The molecular weight excluding hydrogens is 296 g/mol. The Morgan fingerprint density at radius 3 is 3.00 bits per heavy atom. The fourth-order valence-corrected chi connectivity index (χ4v) is 2.84. The number of hydrogen-bond donors (Lipinski definition) is 2. The van der Waals surface area contributed by atoms with Gasteiger partial charge in [0, 0.05) is 32.4 Å². The van der Waals surface area contributed by atoms with Crippen LogP contribution in [0.2, 0.25) is 0 Å². The average Bonchev–Trinajstić information content (AvgIpc) is 3.12. The van der Waals surface area contributed by atoms with Gasteiger partial charge in [0.05, 0.1) is 30.6 Å². The first-order chi connectivity index (χ1) is 11.0. The molecule has 2 heterocycles. The third-order valence-electron chi connectivity index (χ3n) is 4.03. The Labute approximate surface area is 137 Å². The Bertz CT molecular complexity index is 503. The van der Waals surface area contributed by atoms with Crippen molar-refractivity contribution in [2.75, 3.05) is 26.2 Å². The summed E-state index contributed by atoms with van der Waals surface area (Å²) in [6.07, 6.45) is 5.02. The van der Waals surface area contributed by atoms with E-state index in [1.54, 1.807) is 24.1 Å². The minimum atomic E-state index is -0.493. The Balaban J connectivity index is 1.76. The van der Waals surface area contributed by atoms with Gasteiger partial charge in [-0.05, 0) is 33.2 Å². The Morgan fingerprint density at radius 2 is 2.35 bits per heavy atom. The number of carbonyl (C=O) groups is 1. The lowest BCUT2D eigenvalue weighted by Crippen LogP contribution is -2.44. The number of ether oxygens (including phenoxy) is 1. The molecule has 2 atom stereocenters. The lowest BCUT2D eigenvalue weighted by molar-refractivity contribution is -0.00989. The maximum Gasteiger partial charge on any atom is 0.254 e. The predicted octanol–water partition coefficient (Wildman–Crippen LogP) is 0.400. The second-order valence-electron chi connectivity index (χ2n) is 6.44. The standard InChI is InChI=1S/C16H28N4O3/c1-12(2)23-11-15(21)10-20-6-4-5-14(20)8-17-16(22)13-7-18-19(3)9-13/h7,9,12,14-15,21H,4-6,8,10-11H2,1-3H3,(H,17,22)/t14-,15+/m1/s1. The molecule has 0 spiro atoms. The molecule has 1 amide bonds. The molecule has 1 fully saturated rings. The van der Waals surface area contributed by atoms with Gasteiger partial charge in [0.15, 0.2) is 0 Å². The van der Waals surface area contributed by atoms with Crippen molar-refractivity contribution in [3.05, 3.63) is 18.0 Å². The smallest absolute Gasteiger partial charge is 0.254 e. The zero-order valence-electron chi connectivity index (χ0n) is 14.2. The number of likely N-dealkylation sites (tertiary alicyclic amines) is 1. The topological polar surface area (TPSA) is 79.6 Å². The second-order valence-corrected chi connectivity index (χ2v) is 6.44. The molecule has 1 aliphatic rings. The molecule has 0 aliphatic carbocycles. The molecule has 7 nitrogen and oxygen atoms in total. The lowest BCUT2D eigenvalue weighted by atomic mass is 10.2. The van der Waals surface area contributed by atoms with Gasteiger partial charge in [-0.2, -0.15) is 5.10 Å². The van der Waals surface area contributed by atoms with E-state index in [4.69, 9.17) is 4.74 Å². The summed E-state index contributed by atoms with van der Waals surface area (Å²) >= 11 is 0. The van der Waals surface area contributed by atoms with Gasteiger partial charge in [0.2, 0.25) is 0 Å². The minimum absolute atomic E-state index is 0.103. The van der Waals surface area contributed by atoms with Crippen LogP contribution in [-0.2, 0) is 11.8 Å². The van der Waals surface area contributed by atoms with E-state index in [0.717, 1.165) is 19.4 Å². The van der Waals surface area contributed by atoms with Crippen molar-refractivity contribution in [2.24, 2.45) is 7.05 Å². The van der Waals surface area contributed by atoms with Crippen molar-refractivity contribution < 1.29 is 14.6 Å². The van der Waals surface area contributed by atoms with Gasteiger partial charge < -0.3 is 15.2 Å². The third-order valence-corrected chi connectivity index (χ3v) is 4.03. The number of amides is 1. The van der Waals surface area contributed by atoms with E-state index in [9.17, 15) is 9.90 Å². The average molecular weight is 324 g/mol. The number of aryl methyl sites for hydroxylation is 1. The van der Waals surface area contributed by atoms with Gasteiger partial charge in [0.25, 0.3) is 5.91 Å². The van der Waals surface area contributed by atoms with E-state index in [1.165, 1.54) is 0 Å². The van der Waals surface area contributed by atoms with Gasteiger partial charge in [-0.1, -0.05) is 0 Å². The molecule has 0 saturated carbocycles. The molecule has 0 aromatic carbocycles. The third kappa shape index (κ3) is 5.60. The fourth-order valence-electron chi connectivity index (χ4n) is 2.84. The molecule has 1 saturated heterocycles. The molecule has 0 bridgehead atoms. The molecule has 2 N–H and O–H groups in total. The van der Waals surface area contributed by atoms with Gasteiger partial charge in [-0.25, -0.2) is 0 Å². The van der Waals surface area contributed by atoms with Gasteiger partial charge >= 0.3 is 0 Å². The van der Waals surface area contributed by atoms with Crippen LogP contribution in [0.4, 0.5) is 0 Å². The molecule has 23 heavy (non-hydrogen) atoms. The summed E-state index contributed by atoms with van der Waals surface area (Å²) in [4.78, 5) is 14.3. The van der Waals surface area contributed by atoms with E-state index in [0.29, 0.717) is 25.3 Å². The summed E-state index contributed by atoms with van der Waals surface area (Å²) in [5.41, 5.74) is 0.572. The first-order valence-electron chi connectivity index (χ1n) is 8.26. The number of nitrogens with zero attached hydrogens (tertiary/aromatic N) is 3. The lowest BCUT2D eigenvalue weighted by Gasteiger charge is -2.27. The highest BCUT2D eigenvalue weighted by Crippen LogP contribution is 2.17. The number of aliphatic hydroxyl groups is 1. The summed E-state index contributed by atoms with van der Waals surface area (Å²) in [6.45, 7) is 6.39. The first kappa shape index (κ1) is 17.9. The summed E-state index contributed by atoms with van der Waals surface area (Å²) < 4.78 is 7.06. The number of aliphatic hydroxyl groups excluding tert-OH is 1. The van der Waals surface area contributed by atoms with Gasteiger partial charge in [0.1, 0.15) is 0 Å². The van der Waals surface area contributed by atoms with Crippen molar-refractivity contribution in [3.63, 3.8) is 0 Å². The first-order valence-corrected chi connectivity index (χ1v) is 8.26. The van der Waals surface area contributed by atoms with Crippen LogP contribution in [0.5, 0.6) is 0 Å². The van der Waals surface area contributed by atoms with Gasteiger partial charge in [-0.3, -0.25) is 14.4 Å². The van der Waals surface area contributed by atoms with E-state index >= 15 is 0 Å². The Kier molecular flexibility index (Phi) is 6.56. The maximum absolute atomic E-state index is 12.1. The summed E-state index contributed by atoms with van der Waals surface area (Å²) in [5.74, 6) is -0.103. The van der Waals surface area contributed by atoms with E-state index in [2.05, 4.69) is 15.3 Å². The van der Waals surface area contributed by atoms with Crippen LogP contribution < -0.4 is 5.32 Å². The highest BCUT2D eigenvalue weighted by molar-refractivity contribution is 5.93. The van der Waals surface area contributed by atoms with Crippen LogP contribution >= 0.6 is 0 Å². The predicted molar refractivity (Wildman–Crippen MR) is 87.2 cm³/mol. The maximum atomic E-state index is 12.1. The quantitative estimate of drug-likeness (QED) is 0.724. The summed E-state index contributed by atoms with van der Waals surface area (Å²) in [5, 5.41) is 17.0. The monoisotopic (exact) mass is 324 g/mol. The SMILES string of the molecule is CC(C)OC[C@@H](O)CN1CCC[C@@H]1CNC(=O)c1cnn(C)c1. The van der Waals surface area contributed by atoms with Crippen molar-refractivity contribution >= 4 is 5.91 Å². The van der Waals surface area contributed by atoms with E-state index in [-0.39, 0.29) is 18.1 Å².